The highest BCUT2D eigenvalue weighted by Crippen LogP contribution is 2.25. The third kappa shape index (κ3) is 2.56. The van der Waals surface area contributed by atoms with Crippen molar-refractivity contribution in [3.8, 4) is 0 Å². The Morgan fingerprint density at radius 2 is 2.19 bits per heavy atom. The number of ether oxygens (including phenoxy) is 1. The van der Waals surface area contributed by atoms with Gasteiger partial charge in [0.15, 0.2) is 5.65 Å². The van der Waals surface area contributed by atoms with E-state index in [2.05, 4.69) is 19.9 Å². The SMILES string of the molecule is c1cnc2c(c1)nc1n2[C@@H](CNC2CCCCC2)COC1. The van der Waals surface area contributed by atoms with Crippen LogP contribution in [0.3, 0.4) is 0 Å². The van der Waals surface area contributed by atoms with E-state index in [9.17, 15) is 0 Å². The van der Waals surface area contributed by atoms with Crippen LogP contribution in [0.15, 0.2) is 18.3 Å². The lowest BCUT2D eigenvalue weighted by atomic mass is 9.95. The van der Waals surface area contributed by atoms with Gasteiger partial charge in [0.05, 0.1) is 12.6 Å². The molecule has 2 aromatic heterocycles. The Hall–Kier alpha value is -1.46. The third-order valence-electron chi connectivity index (χ3n) is 4.68. The molecule has 0 radical (unpaired) electrons. The standard InChI is InChI=1S/C16H22N4O/c1-2-5-12(6-3-1)18-9-13-10-21-11-15-19-14-7-4-8-17-16(14)20(13)15/h4,7-8,12-13,18H,1-3,5-6,9-11H2/t13-/m0/s1. The van der Waals surface area contributed by atoms with Gasteiger partial charge in [0, 0.05) is 18.8 Å². The topological polar surface area (TPSA) is 52.0 Å². The summed E-state index contributed by atoms with van der Waals surface area (Å²) < 4.78 is 8.00. The molecule has 0 saturated heterocycles. The Morgan fingerprint density at radius 1 is 1.29 bits per heavy atom. The molecule has 5 nitrogen and oxygen atoms in total. The fourth-order valence-electron chi connectivity index (χ4n) is 3.58. The minimum atomic E-state index is 0.301. The molecule has 2 aromatic rings. The summed E-state index contributed by atoms with van der Waals surface area (Å²) in [5.41, 5.74) is 1.96. The highest BCUT2D eigenvalue weighted by molar-refractivity contribution is 5.71. The van der Waals surface area contributed by atoms with Crippen molar-refractivity contribution in [1.82, 2.24) is 19.9 Å². The monoisotopic (exact) mass is 286 g/mol. The maximum absolute atomic E-state index is 5.73. The molecule has 5 heteroatoms. The second-order valence-corrected chi connectivity index (χ2v) is 6.16. The van der Waals surface area contributed by atoms with E-state index in [0.29, 0.717) is 18.7 Å². The maximum Gasteiger partial charge on any atom is 0.160 e. The number of aromatic nitrogens is 3. The van der Waals surface area contributed by atoms with Gasteiger partial charge >= 0.3 is 0 Å². The van der Waals surface area contributed by atoms with Crippen molar-refractivity contribution in [2.45, 2.75) is 50.8 Å². The van der Waals surface area contributed by atoms with Gasteiger partial charge < -0.3 is 14.6 Å². The molecule has 1 fully saturated rings. The molecule has 1 aliphatic carbocycles. The summed E-state index contributed by atoms with van der Waals surface area (Å²) in [6, 6.07) is 4.94. The van der Waals surface area contributed by atoms with Crippen molar-refractivity contribution in [2.75, 3.05) is 13.2 Å². The first-order valence-corrected chi connectivity index (χ1v) is 8.05. The van der Waals surface area contributed by atoms with Crippen LogP contribution in [0.2, 0.25) is 0 Å². The summed E-state index contributed by atoms with van der Waals surface area (Å²) in [7, 11) is 0. The van der Waals surface area contributed by atoms with Crippen LogP contribution in [0.5, 0.6) is 0 Å². The van der Waals surface area contributed by atoms with Crippen LogP contribution in [-0.4, -0.2) is 33.7 Å². The molecule has 112 valence electrons. The molecule has 0 amide bonds. The number of fused-ring (bicyclic) bond motifs is 3. The molecular weight excluding hydrogens is 264 g/mol. The van der Waals surface area contributed by atoms with Crippen LogP contribution in [0, 0.1) is 0 Å². The molecule has 2 aliphatic rings. The molecule has 1 atom stereocenters. The van der Waals surface area contributed by atoms with Crippen molar-refractivity contribution < 1.29 is 4.74 Å². The minimum absolute atomic E-state index is 0.301. The lowest BCUT2D eigenvalue weighted by Gasteiger charge is -2.29. The fourth-order valence-corrected chi connectivity index (χ4v) is 3.58. The molecule has 1 N–H and O–H groups in total. The Labute approximate surface area is 124 Å². The lowest BCUT2D eigenvalue weighted by Crippen LogP contribution is -2.38. The number of hydrogen-bond donors (Lipinski definition) is 1. The zero-order chi connectivity index (χ0) is 14.1. The van der Waals surface area contributed by atoms with Gasteiger partial charge in [-0.25, -0.2) is 9.97 Å². The van der Waals surface area contributed by atoms with Crippen LogP contribution in [0.1, 0.15) is 44.0 Å². The normalized spacial score (nSPS) is 23.3. The van der Waals surface area contributed by atoms with E-state index in [1.165, 1.54) is 32.1 Å². The molecular formula is C16H22N4O. The summed E-state index contributed by atoms with van der Waals surface area (Å²) in [6.07, 6.45) is 8.58. The number of nitrogens with one attached hydrogen (secondary N) is 1. The average Bonchev–Trinajstić information content (AvgIpc) is 2.93. The van der Waals surface area contributed by atoms with E-state index in [4.69, 9.17) is 4.74 Å². The number of pyridine rings is 1. The van der Waals surface area contributed by atoms with Gasteiger partial charge in [0.25, 0.3) is 0 Å². The molecule has 4 rings (SSSR count). The Morgan fingerprint density at radius 3 is 3.10 bits per heavy atom. The molecule has 1 saturated carbocycles. The molecule has 1 aliphatic heterocycles. The van der Waals surface area contributed by atoms with E-state index < -0.39 is 0 Å². The van der Waals surface area contributed by atoms with Gasteiger partial charge in [-0.05, 0) is 25.0 Å². The van der Waals surface area contributed by atoms with Crippen molar-refractivity contribution >= 4 is 11.2 Å². The Balaban J connectivity index is 1.55. The summed E-state index contributed by atoms with van der Waals surface area (Å²) in [6.45, 7) is 2.28. The summed E-state index contributed by atoms with van der Waals surface area (Å²) in [5, 5.41) is 3.73. The smallest absolute Gasteiger partial charge is 0.160 e. The molecule has 0 aromatic carbocycles. The van der Waals surface area contributed by atoms with Crippen molar-refractivity contribution in [2.24, 2.45) is 0 Å². The fraction of sp³-hybridized carbons (Fsp3) is 0.625. The summed E-state index contributed by atoms with van der Waals surface area (Å²) in [5.74, 6) is 1.00. The average molecular weight is 286 g/mol. The Kier molecular flexibility index (Phi) is 3.61. The predicted octanol–water partition coefficient (Wildman–Crippen LogP) is 2.42. The number of hydrogen-bond acceptors (Lipinski definition) is 4. The zero-order valence-electron chi connectivity index (χ0n) is 12.3. The number of imidazole rings is 1. The second-order valence-electron chi connectivity index (χ2n) is 6.16. The first-order valence-electron chi connectivity index (χ1n) is 8.05. The van der Waals surface area contributed by atoms with E-state index in [1.807, 2.05) is 18.3 Å². The predicted molar refractivity (Wildman–Crippen MR) is 81.1 cm³/mol. The number of nitrogens with zero attached hydrogens (tertiary/aromatic N) is 3. The van der Waals surface area contributed by atoms with Crippen LogP contribution in [0.25, 0.3) is 11.2 Å². The van der Waals surface area contributed by atoms with Crippen molar-refractivity contribution in [3.05, 3.63) is 24.2 Å². The Bertz CT molecular complexity index is 618. The van der Waals surface area contributed by atoms with E-state index in [0.717, 1.165) is 30.1 Å². The van der Waals surface area contributed by atoms with E-state index in [-0.39, 0.29) is 0 Å². The van der Waals surface area contributed by atoms with Gasteiger partial charge in [-0.2, -0.15) is 0 Å². The summed E-state index contributed by atoms with van der Waals surface area (Å²) >= 11 is 0. The van der Waals surface area contributed by atoms with E-state index in [1.54, 1.807) is 0 Å². The van der Waals surface area contributed by atoms with Crippen LogP contribution >= 0.6 is 0 Å². The van der Waals surface area contributed by atoms with Gasteiger partial charge in [-0.1, -0.05) is 19.3 Å². The molecule has 3 heterocycles. The van der Waals surface area contributed by atoms with Gasteiger partial charge in [0.1, 0.15) is 17.9 Å². The van der Waals surface area contributed by atoms with Crippen LogP contribution < -0.4 is 5.32 Å². The lowest BCUT2D eigenvalue weighted by molar-refractivity contribution is 0.0549. The molecule has 0 spiro atoms. The third-order valence-corrected chi connectivity index (χ3v) is 4.68. The zero-order valence-corrected chi connectivity index (χ0v) is 12.3. The van der Waals surface area contributed by atoms with E-state index >= 15 is 0 Å². The first kappa shape index (κ1) is 13.2. The quantitative estimate of drug-likeness (QED) is 0.941. The van der Waals surface area contributed by atoms with Crippen LogP contribution in [0.4, 0.5) is 0 Å². The van der Waals surface area contributed by atoms with Crippen molar-refractivity contribution in [3.63, 3.8) is 0 Å². The minimum Gasteiger partial charge on any atom is -0.371 e. The van der Waals surface area contributed by atoms with Gasteiger partial charge in [0.2, 0.25) is 0 Å². The highest BCUT2D eigenvalue weighted by atomic mass is 16.5. The van der Waals surface area contributed by atoms with Crippen LogP contribution in [-0.2, 0) is 11.3 Å². The van der Waals surface area contributed by atoms with Gasteiger partial charge in [-0.3, -0.25) is 0 Å². The molecule has 0 unspecified atom stereocenters. The molecule has 21 heavy (non-hydrogen) atoms. The maximum atomic E-state index is 5.73. The van der Waals surface area contributed by atoms with Crippen molar-refractivity contribution in [1.29, 1.82) is 0 Å². The first-order chi connectivity index (χ1) is 10.4. The number of rotatable bonds is 3. The van der Waals surface area contributed by atoms with Gasteiger partial charge in [-0.15, -0.1) is 0 Å². The largest absolute Gasteiger partial charge is 0.371 e. The summed E-state index contributed by atoms with van der Waals surface area (Å²) in [4.78, 5) is 9.16. The molecule has 0 bridgehead atoms. The highest BCUT2D eigenvalue weighted by Gasteiger charge is 2.25. The second kappa shape index (κ2) is 5.73.